The van der Waals surface area contributed by atoms with E-state index in [0.29, 0.717) is 12.5 Å². The third-order valence-corrected chi connectivity index (χ3v) is 5.55. The van der Waals surface area contributed by atoms with Crippen molar-refractivity contribution in [1.29, 1.82) is 0 Å². The van der Waals surface area contributed by atoms with Crippen LogP contribution in [0.5, 0.6) is 0 Å². The van der Waals surface area contributed by atoms with E-state index in [0.717, 1.165) is 18.3 Å². The molecule has 0 heterocycles. The van der Waals surface area contributed by atoms with E-state index in [-0.39, 0.29) is 11.3 Å². The van der Waals surface area contributed by atoms with Gasteiger partial charge in [0.25, 0.3) is 0 Å². The molecule has 2 heteroatoms. The number of hydrogen-bond acceptors (Lipinski definition) is 1. The first kappa shape index (κ1) is 15.6. The maximum atomic E-state index is 12.2. The zero-order chi connectivity index (χ0) is 15.7. The number of hydrogen-bond donors (Lipinski definition) is 1. The maximum Gasteiger partial charge on any atom is 0.220 e. The molecule has 0 unspecified atom stereocenters. The van der Waals surface area contributed by atoms with Crippen LogP contribution >= 0.6 is 0 Å². The fraction of sp³-hybridized carbons (Fsp3) is 0.650. The van der Waals surface area contributed by atoms with Crippen LogP contribution in [-0.4, -0.2) is 11.9 Å². The number of benzene rings is 1. The number of carbonyl (C=O) groups excluding carboxylic acids is 1. The highest BCUT2D eigenvalue weighted by molar-refractivity contribution is 5.76. The molecule has 0 saturated heterocycles. The van der Waals surface area contributed by atoms with Gasteiger partial charge in [-0.1, -0.05) is 51.5 Å². The molecule has 0 radical (unpaired) electrons. The topological polar surface area (TPSA) is 29.1 Å². The number of rotatable bonds is 4. The molecule has 0 aliphatic heterocycles. The van der Waals surface area contributed by atoms with Crippen molar-refractivity contribution in [3.05, 3.63) is 35.4 Å². The van der Waals surface area contributed by atoms with Crippen LogP contribution in [0.3, 0.4) is 0 Å². The lowest BCUT2D eigenvalue weighted by atomic mass is 9.86. The fourth-order valence-corrected chi connectivity index (χ4v) is 4.13. The second-order valence-electron chi connectivity index (χ2n) is 8.30. The lowest BCUT2D eigenvalue weighted by molar-refractivity contribution is -0.122. The van der Waals surface area contributed by atoms with Crippen molar-refractivity contribution >= 4 is 5.91 Å². The van der Waals surface area contributed by atoms with Crippen molar-refractivity contribution < 1.29 is 4.79 Å². The van der Waals surface area contributed by atoms with E-state index in [9.17, 15) is 4.79 Å². The Balaban J connectivity index is 1.47. The summed E-state index contributed by atoms with van der Waals surface area (Å²) in [5.74, 6) is 1.89. The summed E-state index contributed by atoms with van der Waals surface area (Å²) in [7, 11) is 0. The molecule has 2 bridgehead atoms. The summed E-state index contributed by atoms with van der Waals surface area (Å²) in [6, 6.07) is 9.21. The minimum Gasteiger partial charge on any atom is -0.353 e. The number of carbonyl (C=O) groups is 1. The van der Waals surface area contributed by atoms with Gasteiger partial charge in [-0.05, 0) is 54.1 Å². The molecule has 1 aromatic carbocycles. The fourth-order valence-electron chi connectivity index (χ4n) is 4.13. The Labute approximate surface area is 134 Å². The summed E-state index contributed by atoms with van der Waals surface area (Å²) in [6.07, 6.45) is 6.73. The molecule has 1 aromatic rings. The molecule has 3 atom stereocenters. The summed E-state index contributed by atoms with van der Waals surface area (Å²) in [6.45, 7) is 6.68. The Bertz CT molecular complexity index is 526. The van der Waals surface area contributed by atoms with Gasteiger partial charge in [0.15, 0.2) is 0 Å². The van der Waals surface area contributed by atoms with Gasteiger partial charge in [0.2, 0.25) is 5.91 Å². The monoisotopic (exact) mass is 299 g/mol. The Morgan fingerprint density at radius 3 is 2.41 bits per heavy atom. The third kappa shape index (κ3) is 3.53. The van der Waals surface area contributed by atoms with Crippen LogP contribution in [0.4, 0.5) is 0 Å². The van der Waals surface area contributed by atoms with Gasteiger partial charge >= 0.3 is 0 Å². The molecule has 1 amide bonds. The van der Waals surface area contributed by atoms with Crippen LogP contribution in [0.15, 0.2) is 24.3 Å². The second kappa shape index (κ2) is 6.06. The predicted octanol–water partition coefficient (Wildman–Crippen LogP) is 4.22. The summed E-state index contributed by atoms with van der Waals surface area (Å²) in [5, 5.41) is 3.28. The quantitative estimate of drug-likeness (QED) is 0.886. The molecule has 120 valence electrons. The summed E-state index contributed by atoms with van der Waals surface area (Å²) in [5.41, 5.74) is 2.80. The van der Waals surface area contributed by atoms with Gasteiger partial charge in [0, 0.05) is 12.5 Å². The molecule has 2 saturated carbocycles. The summed E-state index contributed by atoms with van der Waals surface area (Å²) >= 11 is 0. The zero-order valence-electron chi connectivity index (χ0n) is 14.2. The number of fused-ring (bicyclic) bond motifs is 2. The first-order valence-electron chi connectivity index (χ1n) is 8.80. The molecular weight excluding hydrogens is 270 g/mol. The highest BCUT2D eigenvalue weighted by atomic mass is 16.1. The van der Waals surface area contributed by atoms with E-state index in [4.69, 9.17) is 0 Å². The van der Waals surface area contributed by atoms with E-state index in [2.05, 4.69) is 50.4 Å². The van der Waals surface area contributed by atoms with E-state index >= 15 is 0 Å². The van der Waals surface area contributed by atoms with Gasteiger partial charge in [-0.3, -0.25) is 4.79 Å². The lowest BCUT2D eigenvalue weighted by Crippen LogP contribution is -2.38. The minimum atomic E-state index is 0.192. The molecule has 2 fully saturated rings. The normalized spacial score (nSPS) is 27.1. The minimum absolute atomic E-state index is 0.192. The molecule has 3 rings (SSSR count). The van der Waals surface area contributed by atoms with Crippen molar-refractivity contribution in [1.82, 2.24) is 5.32 Å². The van der Waals surface area contributed by atoms with E-state index in [1.54, 1.807) is 0 Å². The van der Waals surface area contributed by atoms with Crippen molar-refractivity contribution in [3.8, 4) is 0 Å². The third-order valence-electron chi connectivity index (χ3n) is 5.55. The second-order valence-corrected chi connectivity index (χ2v) is 8.30. The van der Waals surface area contributed by atoms with Crippen LogP contribution in [0.2, 0.25) is 0 Å². The highest BCUT2D eigenvalue weighted by Crippen LogP contribution is 2.44. The Morgan fingerprint density at radius 2 is 1.86 bits per heavy atom. The van der Waals surface area contributed by atoms with Crippen LogP contribution < -0.4 is 5.32 Å². The zero-order valence-corrected chi connectivity index (χ0v) is 14.2. The molecule has 0 aromatic heterocycles. The molecular formula is C20H29NO. The first-order valence-corrected chi connectivity index (χ1v) is 8.80. The Hall–Kier alpha value is -1.31. The molecule has 2 aliphatic carbocycles. The van der Waals surface area contributed by atoms with Gasteiger partial charge in [-0.25, -0.2) is 0 Å². The number of nitrogens with one attached hydrogen (secondary N) is 1. The van der Waals surface area contributed by atoms with Crippen molar-refractivity contribution in [2.75, 3.05) is 0 Å². The van der Waals surface area contributed by atoms with Gasteiger partial charge in [0.05, 0.1) is 0 Å². The molecule has 2 nitrogen and oxygen atoms in total. The average Bonchev–Trinajstić information content (AvgIpc) is 3.07. The van der Waals surface area contributed by atoms with Crippen molar-refractivity contribution in [2.24, 2.45) is 11.8 Å². The van der Waals surface area contributed by atoms with Crippen molar-refractivity contribution in [2.45, 2.75) is 70.8 Å². The Kier molecular flexibility index (Phi) is 4.29. The Morgan fingerprint density at radius 1 is 1.14 bits per heavy atom. The highest BCUT2D eigenvalue weighted by Gasteiger charge is 2.39. The number of aryl methyl sites for hydroxylation is 1. The predicted molar refractivity (Wildman–Crippen MR) is 90.8 cm³/mol. The van der Waals surface area contributed by atoms with Gasteiger partial charge in [0.1, 0.15) is 0 Å². The molecule has 0 spiro atoms. The van der Waals surface area contributed by atoms with E-state index in [1.165, 1.54) is 36.8 Å². The van der Waals surface area contributed by atoms with Crippen LogP contribution in [0.1, 0.15) is 64.0 Å². The first-order chi connectivity index (χ1) is 10.4. The molecule has 1 N–H and O–H groups in total. The van der Waals surface area contributed by atoms with E-state index in [1.807, 2.05) is 0 Å². The van der Waals surface area contributed by atoms with Gasteiger partial charge in [-0.15, -0.1) is 0 Å². The smallest absolute Gasteiger partial charge is 0.220 e. The largest absolute Gasteiger partial charge is 0.353 e. The van der Waals surface area contributed by atoms with Crippen LogP contribution in [0.25, 0.3) is 0 Å². The molecule has 2 aliphatic rings. The molecule has 22 heavy (non-hydrogen) atoms. The number of amides is 1. The summed E-state index contributed by atoms with van der Waals surface area (Å²) in [4.78, 5) is 12.2. The SMILES string of the molecule is CC(C)(C)c1ccc(CCC(=O)N[C@H]2C[C@H]3CC[C@H]2C3)cc1. The van der Waals surface area contributed by atoms with Crippen LogP contribution in [-0.2, 0) is 16.6 Å². The standard InChI is InChI=1S/C20H29NO/c1-20(2,3)17-9-5-14(6-10-17)7-11-19(22)21-18-13-15-4-8-16(18)12-15/h5-6,9-10,15-16,18H,4,7-8,11-13H2,1-3H3,(H,21,22)/t15-,16-,18-/m0/s1. The van der Waals surface area contributed by atoms with E-state index < -0.39 is 0 Å². The average molecular weight is 299 g/mol. The van der Waals surface area contributed by atoms with Crippen LogP contribution in [0, 0.1) is 11.8 Å². The maximum absolute atomic E-state index is 12.2. The van der Waals surface area contributed by atoms with Gasteiger partial charge in [-0.2, -0.15) is 0 Å². The summed E-state index contributed by atoms with van der Waals surface area (Å²) < 4.78 is 0. The van der Waals surface area contributed by atoms with Gasteiger partial charge < -0.3 is 5.32 Å². The van der Waals surface area contributed by atoms with Crippen molar-refractivity contribution in [3.63, 3.8) is 0 Å². The lowest BCUT2D eigenvalue weighted by Gasteiger charge is -2.23.